The van der Waals surface area contributed by atoms with Crippen molar-refractivity contribution in [2.75, 3.05) is 20.3 Å². The Kier molecular flexibility index (Phi) is 6.32. The third-order valence-electron chi connectivity index (χ3n) is 3.07. The van der Waals surface area contributed by atoms with E-state index in [2.05, 4.69) is 24.3 Å². The van der Waals surface area contributed by atoms with Crippen LogP contribution in [-0.4, -0.2) is 41.3 Å². The number of ether oxygens (including phenoxy) is 1. The summed E-state index contributed by atoms with van der Waals surface area (Å²) >= 11 is 0. The number of rotatable bonds is 8. The molecule has 0 saturated heterocycles. The number of aliphatic hydroxyl groups is 1. The normalized spacial score (nSPS) is 12.9. The zero-order valence-corrected chi connectivity index (χ0v) is 11.9. The van der Waals surface area contributed by atoms with Crippen LogP contribution in [0.3, 0.4) is 0 Å². The zero-order chi connectivity index (χ0) is 13.5. The number of hydrogen-bond donors (Lipinski definition) is 2. The van der Waals surface area contributed by atoms with Crippen molar-refractivity contribution in [2.24, 2.45) is 7.05 Å². The van der Waals surface area contributed by atoms with Gasteiger partial charge in [0.15, 0.2) is 0 Å². The molecule has 5 nitrogen and oxygen atoms in total. The van der Waals surface area contributed by atoms with Gasteiger partial charge in [-0.2, -0.15) is 5.10 Å². The van der Waals surface area contributed by atoms with Crippen LogP contribution < -0.4 is 5.32 Å². The van der Waals surface area contributed by atoms with E-state index in [9.17, 15) is 5.11 Å². The van der Waals surface area contributed by atoms with Crippen molar-refractivity contribution in [3.63, 3.8) is 0 Å². The predicted octanol–water partition coefficient (Wildman–Crippen LogP) is 0.642. The Bertz CT molecular complexity index is 363. The third-order valence-corrected chi connectivity index (χ3v) is 3.07. The summed E-state index contributed by atoms with van der Waals surface area (Å²) in [5, 5.41) is 17.4. The van der Waals surface area contributed by atoms with Crippen molar-refractivity contribution in [3.8, 4) is 0 Å². The fourth-order valence-corrected chi connectivity index (χ4v) is 2.21. The van der Waals surface area contributed by atoms with Crippen molar-refractivity contribution in [1.29, 1.82) is 0 Å². The van der Waals surface area contributed by atoms with Crippen molar-refractivity contribution >= 4 is 0 Å². The highest BCUT2D eigenvalue weighted by molar-refractivity contribution is 5.26. The van der Waals surface area contributed by atoms with Crippen molar-refractivity contribution in [3.05, 3.63) is 17.0 Å². The quantitative estimate of drug-likeness (QED) is 0.716. The number of aryl methyl sites for hydroxylation is 2. The minimum Gasteiger partial charge on any atom is -0.389 e. The Hall–Kier alpha value is -0.910. The first-order valence-corrected chi connectivity index (χ1v) is 6.55. The Morgan fingerprint density at radius 3 is 2.67 bits per heavy atom. The van der Waals surface area contributed by atoms with Gasteiger partial charge in [-0.05, 0) is 12.8 Å². The summed E-state index contributed by atoms with van der Waals surface area (Å²) in [6, 6.07) is 0. The van der Waals surface area contributed by atoms with Crippen LogP contribution in [0, 0.1) is 0 Å². The Labute approximate surface area is 109 Å². The molecule has 1 atom stereocenters. The molecule has 0 aliphatic heterocycles. The molecule has 2 N–H and O–H groups in total. The summed E-state index contributed by atoms with van der Waals surface area (Å²) in [5.41, 5.74) is 3.68. The molecule has 1 aromatic heterocycles. The van der Waals surface area contributed by atoms with Crippen molar-refractivity contribution < 1.29 is 9.84 Å². The van der Waals surface area contributed by atoms with Crippen LogP contribution in [-0.2, 0) is 31.2 Å². The van der Waals surface area contributed by atoms with E-state index >= 15 is 0 Å². The lowest BCUT2D eigenvalue weighted by atomic mass is 10.1. The highest BCUT2D eigenvalue weighted by atomic mass is 16.5. The number of aromatic nitrogens is 2. The maximum Gasteiger partial charge on any atom is 0.0897 e. The molecule has 18 heavy (non-hydrogen) atoms. The van der Waals surface area contributed by atoms with Crippen LogP contribution in [0.1, 0.15) is 30.8 Å². The highest BCUT2D eigenvalue weighted by Gasteiger charge is 2.13. The van der Waals surface area contributed by atoms with E-state index in [4.69, 9.17) is 4.74 Å². The summed E-state index contributed by atoms with van der Waals surface area (Å²) in [4.78, 5) is 0. The summed E-state index contributed by atoms with van der Waals surface area (Å²) in [6.45, 7) is 5.90. The second kappa shape index (κ2) is 7.51. The molecule has 0 aliphatic carbocycles. The van der Waals surface area contributed by atoms with Crippen molar-refractivity contribution in [1.82, 2.24) is 15.1 Å². The Morgan fingerprint density at radius 1 is 1.39 bits per heavy atom. The highest BCUT2D eigenvalue weighted by Crippen LogP contribution is 2.15. The molecule has 0 aromatic carbocycles. The summed E-state index contributed by atoms with van der Waals surface area (Å²) in [7, 11) is 3.58. The van der Waals surface area contributed by atoms with E-state index in [1.54, 1.807) is 7.11 Å². The van der Waals surface area contributed by atoms with Crippen LogP contribution in [0.2, 0.25) is 0 Å². The molecule has 0 aliphatic rings. The first-order chi connectivity index (χ1) is 8.63. The Balaban J connectivity index is 2.60. The van der Waals surface area contributed by atoms with Gasteiger partial charge in [-0.3, -0.25) is 4.68 Å². The molecule has 1 heterocycles. The lowest BCUT2D eigenvalue weighted by Gasteiger charge is -2.11. The molecule has 5 heteroatoms. The van der Waals surface area contributed by atoms with Gasteiger partial charge in [0.1, 0.15) is 0 Å². The molecule has 0 saturated carbocycles. The van der Waals surface area contributed by atoms with Crippen molar-refractivity contribution in [2.45, 2.75) is 39.3 Å². The molecule has 1 rings (SSSR count). The van der Waals surface area contributed by atoms with Gasteiger partial charge in [-0.1, -0.05) is 13.8 Å². The van der Waals surface area contributed by atoms with Crippen LogP contribution in [0.5, 0.6) is 0 Å². The molecular weight excluding hydrogens is 230 g/mol. The number of nitrogens with zero attached hydrogens (tertiary/aromatic N) is 2. The standard InChI is InChI=1S/C13H25N3O2/c1-5-12-11(13(6-2)16(3)15-12)8-14-7-10(17)9-18-4/h10,14,17H,5-9H2,1-4H3. The number of nitrogens with one attached hydrogen (secondary N) is 1. The van der Waals surface area contributed by atoms with Gasteiger partial charge >= 0.3 is 0 Å². The van der Waals surface area contributed by atoms with Gasteiger partial charge < -0.3 is 15.2 Å². The lowest BCUT2D eigenvalue weighted by Crippen LogP contribution is -2.30. The first-order valence-electron chi connectivity index (χ1n) is 6.55. The average molecular weight is 255 g/mol. The van der Waals surface area contributed by atoms with Crippen LogP contribution in [0.25, 0.3) is 0 Å². The molecule has 0 bridgehead atoms. The fraction of sp³-hybridized carbons (Fsp3) is 0.769. The van der Waals surface area contributed by atoms with E-state index < -0.39 is 6.10 Å². The molecule has 0 amide bonds. The van der Waals surface area contributed by atoms with E-state index in [0.717, 1.165) is 25.1 Å². The van der Waals surface area contributed by atoms with Crippen LogP contribution in [0.15, 0.2) is 0 Å². The SMILES string of the molecule is CCc1nn(C)c(CC)c1CNCC(O)COC. The van der Waals surface area contributed by atoms with Gasteiger partial charge in [0, 0.05) is 38.5 Å². The van der Waals surface area contributed by atoms with Gasteiger partial charge in [0.25, 0.3) is 0 Å². The van der Waals surface area contributed by atoms with Gasteiger partial charge in [-0.25, -0.2) is 0 Å². The van der Waals surface area contributed by atoms with E-state index in [1.165, 1.54) is 11.3 Å². The maximum absolute atomic E-state index is 9.58. The monoisotopic (exact) mass is 255 g/mol. The summed E-state index contributed by atoms with van der Waals surface area (Å²) < 4.78 is 6.85. The molecular formula is C13H25N3O2. The number of methoxy groups -OCH3 is 1. The molecule has 104 valence electrons. The summed E-state index contributed by atoms with van der Waals surface area (Å²) in [6.07, 6.45) is 1.45. The average Bonchev–Trinajstić information content (AvgIpc) is 2.65. The van der Waals surface area contributed by atoms with Gasteiger partial charge in [0.2, 0.25) is 0 Å². The second-order valence-electron chi connectivity index (χ2n) is 4.44. The lowest BCUT2D eigenvalue weighted by molar-refractivity contribution is 0.0644. The van der Waals surface area contributed by atoms with E-state index in [1.807, 2.05) is 11.7 Å². The minimum atomic E-state index is -0.457. The van der Waals surface area contributed by atoms with Gasteiger partial charge in [-0.15, -0.1) is 0 Å². The minimum absolute atomic E-state index is 0.362. The van der Waals surface area contributed by atoms with Crippen LogP contribution >= 0.6 is 0 Å². The first kappa shape index (κ1) is 15.1. The largest absolute Gasteiger partial charge is 0.389 e. The molecule has 0 spiro atoms. The molecule has 1 unspecified atom stereocenters. The van der Waals surface area contributed by atoms with E-state index in [-0.39, 0.29) is 0 Å². The predicted molar refractivity (Wildman–Crippen MR) is 71.6 cm³/mol. The Morgan fingerprint density at radius 2 is 2.11 bits per heavy atom. The zero-order valence-electron chi connectivity index (χ0n) is 11.9. The topological polar surface area (TPSA) is 59.3 Å². The molecule has 0 fully saturated rings. The third kappa shape index (κ3) is 3.80. The number of aliphatic hydroxyl groups excluding tert-OH is 1. The summed E-state index contributed by atoms with van der Waals surface area (Å²) in [5.74, 6) is 0. The number of hydrogen-bond acceptors (Lipinski definition) is 4. The van der Waals surface area contributed by atoms with Crippen LogP contribution in [0.4, 0.5) is 0 Å². The van der Waals surface area contributed by atoms with E-state index in [0.29, 0.717) is 13.2 Å². The molecule has 1 aromatic rings. The fourth-order valence-electron chi connectivity index (χ4n) is 2.21. The van der Waals surface area contributed by atoms with Gasteiger partial charge in [0.05, 0.1) is 18.4 Å². The maximum atomic E-state index is 9.58. The second-order valence-corrected chi connectivity index (χ2v) is 4.44. The molecule has 0 radical (unpaired) electrons. The smallest absolute Gasteiger partial charge is 0.0897 e.